The van der Waals surface area contributed by atoms with E-state index in [1.165, 1.54) is 7.05 Å². The minimum Gasteiger partial charge on any atom is -0.469 e. The number of esters is 1. The van der Waals surface area contributed by atoms with E-state index in [4.69, 9.17) is 0 Å². The van der Waals surface area contributed by atoms with Crippen molar-refractivity contribution in [3.8, 4) is 0 Å². The topological polar surface area (TPSA) is 113 Å². The molecule has 0 saturated heterocycles. The highest BCUT2D eigenvalue weighted by molar-refractivity contribution is 6.04. The van der Waals surface area contributed by atoms with Gasteiger partial charge in [0.25, 0.3) is 17.7 Å². The van der Waals surface area contributed by atoms with Crippen LogP contribution in [0.2, 0.25) is 0 Å². The molecule has 8 nitrogen and oxygen atoms in total. The van der Waals surface area contributed by atoms with E-state index in [-0.39, 0.29) is 24.2 Å². The highest BCUT2D eigenvalue weighted by Crippen LogP contribution is 2.37. The maximum Gasteiger partial charge on any atom is 0.308 e. The molecule has 0 bridgehead atoms. The summed E-state index contributed by atoms with van der Waals surface area (Å²) >= 11 is 0. The van der Waals surface area contributed by atoms with Crippen molar-refractivity contribution >= 4 is 17.8 Å². The summed E-state index contributed by atoms with van der Waals surface area (Å²) in [5, 5.41) is 4.52. The lowest BCUT2D eigenvalue weighted by Crippen LogP contribution is -2.52. The maximum atomic E-state index is 14.2. The Morgan fingerprint density at radius 2 is 2.04 bits per heavy atom. The predicted molar refractivity (Wildman–Crippen MR) is 77.5 cm³/mol. The molecule has 3 N–H and O–H groups in total. The summed E-state index contributed by atoms with van der Waals surface area (Å²) in [5.74, 6) is -6.32. The first kappa shape index (κ1) is 17.8. The maximum absolute atomic E-state index is 14.2. The van der Waals surface area contributed by atoms with Gasteiger partial charge in [-0.3, -0.25) is 14.4 Å². The number of aromatic amines is 1. The largest absolute Gasteiger partial charge is 0.469 e. The van der Waals surface area contributed by atoms with E-state index >= 15 is 0 Å². The van der Waals surface area contributed by atoms with Crippen molar-refractivity contribution in [2.45, 2.75) is 31.2 Å². The standard InChI is InChI=1S/C14H18F2N4O4/c1-17-11(21)9-10(19-6-18-9)12(22)20-8-4-3-7(13(23)24-2)5-14(8,15)16/h6-8H,3-5H2,1-2H3,(H,17,21)(H,18,19)(H,20,22)/t7-,8-/m1/s1. The molecule has 0 aromatic carbocycles. The second-order valence-corrected chi connectivity index (χ2v) is 5.49. The third-order valence-corrected chi connectivity index (χ3v) is 3.98. The van der Waals surface area contributed by atoms with E-state index in [0.29, 0.717) is 0 Å². The first-order valence-corrected chi connectivity index (χ1v) is 7.32. The molecule has 1 aromatic rings. The molecular weight excluding hydrogens is 326 g/mol. The van der Waals surface area contributed by atoms with Crippen molar-refractivity contribution in [3.63, 3.8) is 0 Å². The number of carbonyl (C=O) groups excluding carboxylic acids is 3. The smallest absolute Gasteiger partial charge is 0.308 e. The fourth-order valence-corrected chi connectivity index (χ4v) is 2.69. The third kappa shape index (κ3) is 3.52. The molecule has 10 heteroatoms. The normalized spacial score (nSPS) is 22.5. The van der Waals surface area contributed by atoms with Gasteiger partial charge in [-0.2, -0.15) is 0 Å². The number of hydrogen-bond donors (Lipinski definition) is 3. The average molecular weight is 344 g/mol. The van der Waals surface area contributed by atoms with Crippen LogP contribution in [0.15, 0.2) is 6.33 Å². The molecule has 1 aliphatic carbocycles. The summed E-state index contributed by atoms with van der Waals surface area (Å²) in [7, 11) is 2.51. The number of ether oxygens (including phenoxy) is 1. The molecule has 24 heavy (non-hydrogen) atoms. The van der Waals surface area contributed by atoms with Gasteiger partial charge >= 0.3 is 5.97 Å². The molecule has 0 unspecified atom stereocenters. The molecule has 2 atom stereocenters. The molecule has 0 aliphatic heterocycles. The van der Waals surface area contributed by atoms with Crippen molar-refractivity contribution in [2.24, 2.45) is 5.92 Å². The summed E-state index contributed by atoms with van der Waals surface area (Å²) in [6.07, 6.45) is 0.521. The van der Waals surface area contributed by atoms with Gasteiger partial charge < -0.3 is 20.4 Å². The fourth-order valence-electron chi connectivity index (χ4n) is 2.69. The first-order chi connectivity index (χ1) is 11.3. The Morgan fingerprint density at radius 3 is 2.62 bits per heavy atom. The number of alkyl halides is 2. The number of nitrogens with zero attached hydrogens (tertiary/aromatic N) is 1. The highest BCUT2D eigenvalue weighted by atomic mass is 19.3. The molecule has 1 saturated carbocycles. The second kappa shape index (κ2) is 6.93. The lowest BCUT2D eigenvalue weighted by atomic mass is 9.83. The summed E-state index contributed by atoms with van der Waals surface area (Å²) in [4.78, 5) is 41.4. The summed E-state index contributed by atoms with van der Waals surface area (Å²) in [5.41, 5.74) is -0.373. The molecule has 1 fully saturated rings. The Morgan fingerprint density at radius 1 is 1.33 bits per heavy atom. The molecule has 2 rings (SSSR count). The van der Waals surface area contributed by atoms with Crippen LogP contribution < -0.4 is 10.6 Å². The van der Waals surface area contributed by atoms with Crippen LogP contribution in [0.1, 0.15) is 40.2 Å². The summed E-state index contributed by atoms with van der Waals surface area (Å²) in [6, 6.07) is -1.44. The Balaban J connectivity index is 2.09. The third-order valence-electron chi connectivity index (χ3n) is 3.98. The van der Waals surface area contributed by atoms with Gasteiger partial charge in [-0.15, -0.1) is 0 Å². The monoisotopic (exact) mass is 344 g/mol. The van der Waals surface area contributed by atoms with Crippen LogP contribution in [-0.2, 0) is 9.53 Å². The summed E-state index contributed by atoms with van der Waals surface area (Å²) < 4.78 is 32.9. The molecule has 132 valence electrons. The Labute approximate surface area is 136 Å². The number of hydrogen-bond acceptors (Lipinski definition) is 5. The number of nitrogens with one attached hydrogen (secondary N) is 3. The number of H-pyrrole nitrogens is 1. The lowest BCUT2D eigenvalue weighted by Gasteiger charge is -2.35. The van der Waals surface area contributed by atoms with Gasteiger partial charge in [0.15, 0.2) is 5.69 Å². The minimum atomic E-state index is -3.27. The summed E-state index contributed by atoms with van der Waals surface area (Å²) in [6.45, 7) is 0. The van der Waals surface area contributed by atoms with Crippen molar-refractivity contribution in [1.29, 1.82) is 0 Å². The lowest BCUT2D eigenvalue weighted by molar-refractivity contribution is -0.154. The molecule has 0 radical (unpaired) electrons. The van der Waals surface area contributed by atoms with Crippen LogP contribution in [0.5, 0.6) is 0 Å². The van der Waals surface area contributed by atoms with Crippen LogP contribution in [0.4, 0.5) is 8.78 Å². The van der Waals surface area contributed by atoms with Gasteiger partial charge in [-0.05, 0) is 12.8 Å². The van der Waals surface area contributed by atoms with Gasteiger partial charge in [-0.25, -0.2) is 13.8 Å². The fraction of sp³-hybridized carbons (Fsp3) is 0.571. The van der Waals surface area contributed by atoms with E-state index in [0.717, 1.165) is 13.4 Å². The quantitative estimate of drug-likeness (QED) is 0.688. The molecule has 0 spiro atoms. The van der Waals surface area contributed by atoms with Crippen LogP contribution in [0.25, 0.3) is 0 Å². The molecule has 1 aromatic heterocycles. The average Bonchev–Trinajstić information content (AvgIpc) is 3.04. The zero-order chi connectivity index (χ0) is 17.9. The number of halogens is 2. The zero-order valence-corrected chi connectivity index (χ0v) is 13.2. The van der Waals surface area contributed by atoms with Crippen molar-refractivity contribution in [1.82, 2.24) is 20.6 Å². The van der Waals surface area contributed by atoms with Crippen molar-refractivity contribution in [2.75, 3.05) is 14.2 Å². The second-order valence-electron chi connectivity index (χ2n) is 5.49. The van der Waals surface area contributed by atoms with Crippen LogP contribution in [-0.4, -0.2) is 53.9 Å². The first-order valence-electron chi connectivity index (χ1n) is 7.32. The molecule has 1 heterocycles. The van der Waals surface area contributed by atoms with Crippen LogP contribution >= 0.6 is 0 Å². The van der Waals surface area contributed by atoms with Gasteiger partial charge in [0.2, 0.25) is 0 Å². The molecule has 2 amide bonds. The van der Waals surface area contributed by atoms with Gasteiger partial charge in [0.05, 0.1) is 25.4 Å². The van der Waals surface area contributed by atoms with E-state index < -0.39 is 42.1 Å². The van der Waals surface area contributed by atoms with Gasteiger partial charge in [0.1, 0.15) is 5.69 Å². The number of rotatable bonds is 4. The number of imidazole rings is 1. The highest BCUT2D eigenvalue weighted by Gasteiger charge is 2.48. The van der Waals surface area contributed by atoms with Crippen molar-refractivity contribution in [3.05, 3.63) is 17.7 Å². The number of aromatic nitrogens is 2. The number of carbonyl (C=O) groups is 3. The van der Waals surface area contributed by atoms with Crippen LogP contribution in [0.3, 0.4) is 0 Å². The Bertz CT molecular complexity index is 646. The molecular formula is C14H18F2N4O4. The van der Waals surface area contributed by atoms with E-state index in [9.17, 15) is 23.2 Å². The van der Waals surface area contributed by atoms with E-state index in [1.54, 1.807) is 0 Å². The Kier molecular flexibility index (Phi) is 5.15. The van der Waals surface area contributed by atoms with Crippen molar-refractivity contribution < 1.29 is 27.9 Å². The predicted octanol–water partition coefficient (Wildman–Crippen LogP) is 0.476. The van der Waals surface area contributed by atoms with Gasteiger partial charge in [0, 0.05) is 13.5 Å². The number of methoxy groups -OCH3 is 1. The zero-order valence-electron chi connectivity index (χ0n) is 13.2. The van der Waals surface area contributed by atoms with E-state index in [1.807, 2.05) is 0 Å². The Hall–Kier alpha value is -2.52. The van der Waals surface area contributed by atoms with Gasteiger partial charge in [-0.1, -0.05) is 0 Å². The van der Waals surface area contributed by atoms with Crippen LogP contribution in [0, 0.1) is 5.92 Å². The molecule has 1 aliphatic rings. The number of amides is 2. The SMILES string of the molecule is CNC(=O)c1[nH]cnc1C(=O)N[C@@H]1CC[C@@H](C(=O)OC)CC1(F)F. The van der Waals surface area contributed by atoms with E-state index in [2.05, 4.69) is 25.3 Å². The minimum absolute atomic E-state index is 0.0851.